The minimum Gasteiger partial charge on any atom is -0.478 e. The van der Waals surface area contributed by atoms with Crippen molar-refractivity contribution in [2.45, 2.75) is 12.2 Å². The van der Waals surface area contributed by atoms with Gasteiger partial charge in [0.15, 0.2) is 0 Å². The predicted molar refractivity (Wildman–Crippen MR) is 66.3 cm³/mol. The zero-order valence-corrected chi connectivity index (χ0v) is 10.2. The Morgan fingerprint density at radius 3 is 2.75 bits per heavy atom. The van der Waals surface area contributed by atoms with Crippen LogP contribution in [-0.2, 0) is 5.75 Å². The number of hydrogen-bond donors (Lipinski definition) is 2. The number of halogens is 1. The van der Waals surface area contributed by atoms with Crippen molar-refractivity contribution in [3.8, 4) is 0 Å². The number of hydrogen-bond acceptors (Lipinski definition) is 3. The van der Waals surface area contributed by atoms with Crippen molar-refractivity contribution in [3.63, 3.8) is 0 Å². The Bertz CT molecular complexity index is 368. The third-order valence-corrected chi connectivity index (χ3v) is 3.45. The molecule has 0 aliphatic rings. The van der Waals surface area contributed by atoms with E-state index in [4.69, 9.17) is 21.8 Å². The third-order valence-electron chi connectivity index (χ3n) is 2.00. The van der Waals surface area contributed by atoms with Crippen LogP contribution in [-0.4, -0.2) is 28.5 Å². The fourth-order valence-corrected chi connectivity index (χ4v) is 2.42. The van der Waals surface area contributed by atoms with Crippen LogP contribution in [0.4, 0.5) is 0 Å². The predicted octanol–water partition coefficient (Wildman–Crippen LogP) is 2.65. The lowest BCUT2D eigenvalue weighted by atomic mass is 10.1. The molecule has 5 heteroatoms. The summed E-state index contributed by atoms with van der Waals surface area (Å²) < 4.78 is 0. The Morgan fingerprint density at radius 1 is 1.44 bits per heavy atom. The summed E-state index contributed by atoms with van der Waals surface area (Å²) in [5.41, 5.74) is 1.13. The maximum absolute atomic E-state index is 10.7. The quantitative estimate of drug-likeness (QED) is 0.772. The second-order valence-electron chi connectivity index (χ2n) is 3.24. The summed E-state index contributed by atoms with van der Waals surface area (Å²) in [6, 6.07) is 4.75. The van der Waals surface area contributed by atoms with Gasteiger partial charge in [0.25, 0.3) is 0 Å². The normalized spacial score (nSPS) is 10.4. The van der Waals surface area contributed by atoms with Crippen LogP contribution in [0.3, 0.4) is 0 Å². The van der Waals surface area contributed by atoms with Gasteiger partial charge < -0.3 is 10.2 Å². The van der Waals surface area contributed by atoms with Crippen LogP contribution in [0.5, 0.6) is 0 Å². The van der Waals surface area contributed by atoms with Crippen LogP contribution < -0.4 is 0 Å². The molecular formula is C11H13ClO3S. The van der Waals surface area contributed by atoms with E-state index in [9.17, 15) is 4.79 Å². The zero-order valence-electron chi connectivity index (χ0n) is 8.65. The van der Waals surface area contributed by atoms with Gasteiger partial charge in [0.05, 0.1) is 5.56 Å². The van der Waals surface area contributed by atoms with E-state index >= 15 is 0 Å². The van der Waals surface area contributed by atoms with E-state index in [1.165, 1.54) is 6.07 Å². The van der Waals surface area contributed by atoms with Gasteiger partial charge in [-0.1, -0.05) is 17.7 Å². The highest BCUT2D eigenvalue weighted by molar-refractivity contribution is 7.98. The van der Waals surface area contributed by atoms with Crippen molar-refractivity contribution in [2.24, 2.45) is 0 Å². The summed E-state index contributed by atoms with van der Waals surface area (Å²) in [5.74, 6) is 0.632. The van der Waals surface area contributed by atoms with Crippen LogP contribution in [0.1, 0.15) is 22.3 Å². The molecule has 0 aliphatic carbocycles. The van der Waals surface area contributed by atoms with Crippen LogP contribution in [0.25, 0.3) is 0 Å². The third kappa shape index (κ3) is 4.04. The average Bonchev–Trinajstić information content (AvgIpc) is 2.26. The van der Waals surface area contributed by atoms with Crippen LogP contribution in [0.15, 0.2) is 18.2 Å². The zero-order chi connectivity index (χ0) is 12.0. The summed E-state index contributed by atoms with van der Waals surface area (Å²) in [7, 11) is 0. The number of aromatic carboxylic acids is 1. The number of rotatable bonds is 6. The first kappa shape index (κ1) is 13.4. The fraction of sp³-hybridized carbons (Fsp3) is 0.364. The number of carboxylic acid groups (broad SMARTS) is 1. The van der Waals surface area contributed by atoms with E-state index in [1.54, 1.807) is 23.9 Å². The largest absolute Gasteiger partial charge is 0.478 e. The SMILES string of the molecule is O=C(O)c1ccc(CSCCCO)c(Cl)c1. The maximum atomic E-state index is 10.7. The van der Waals surface area contributed by atoms with Gasteiger partial charge in [0, 0.05) is 17.4 Å². The molecule has 3 nitrogen and oxygen atoms in total. The smallest absolute Gasteiger partial charge is 0.335 e. The van der Waals surface area contributed by atoms with E-state index in [2.05, 4.69) is 0 Å². The lowest BCUT2D eigenvalue weighted by Crippen LogP contribution is -1.97. The molecule has 16 heavy (non-hydrogen) atoms. The highest BCUT2D eigenvalue weighted by atomic mass is 35.5. The summed E-state index contributed by atoms with van der Waals surface area (Å²) in [6.45, 7) is 0.193. The molecule has 0 amide bonds. The molecular weight excluding hydrogens is 248 g/mol. The molecule has 0 aliphatic heterocycles. The molecule has 0 radical (unpaired) electrons. The van der Waals surface area contributed by atoms with Gasteiger partial charge >= 0.3 is 5.97 Å². The van der Waals surface area contributed by atoms with E-state index in [0.717, 1.165) is 23.5 Å². The molecule has 88 valence electrons. The Labute approximate surface area is 103 Å². The lowest BCUT2D eigenvalue weighted by molar-refractivity contribution is 0.0697. The number of aliphatic hydroxyl groups is 1. The van der Waals surface area contributed by atoms with Crippen molar-refractivity contribution < 1.29 is 15.0 Å². The molecule has 0 aromatic heterocycles. The molecule has 0 spiro atoms. The summed E-state index contributed by atoms with van der Waals surface area (Å²) in [5, 5.41) is 17.8. The minimum atomic E-state index is -0.971. The Hall–Kier alpha value is -0.710. The summed E-state index contributed by atoms with van der Waals surface area (Å²) in [6.07, 6.45) is 0.759. The number of aliphatic hydroxyl groups excluding tert-OH is 1. The van der Waals surface area contributed by atoms with Crippen molar-refractivity contribution in [3.05, 3.63) is 34.3 Å². The van der Waals surface area contributed by atoms with Gasteiger partial charge in [-0.2, -0.15) is 11.8 Å². The molecule has 0 unspecified atom stereocenters. The number of carbonyl (C=O) groups is 1. The van der Waals surface area contributed by atoms with E-state index in [-0.39, 0.29) is 12.2 Å². The molecule has 1 rings (SSSR count). The lowest BCUT2D eigenvalue weighted by Gasteiger charge is -2.04. The van der Waals surface area contributed by atoms with Gasteiger partial charge in [0.2, 0.25) is 0 Å². The number of benzene rings is 1. The van der Waals surface area contributed by atoms with Gasteiger partial charge in [-0.15, -0.1) is 0 Å². The van der Waals surface area contributed by atoms with Crippen LogP contribution in [0, 0.1) is 0 Å². The van der Waals surface area contributed by atoms with Gasteiger partial charge in [-0.25, -0.2) is 4.79 Å². The molecule has 0 saturated carbocycles. The molecule has 0 heterocycles. The Kier molecular flexibility index (Phi) is 5.66. The highest BCUT2D eigenvalue weighted by Gasteiger charge is 2.06. The van der Waals surface area contributed by atoms with E-state index < -0.39 is 5.97 Å². The topological polar surface area (TPSA) is 57.5 Å². The Balaban J connectivity index is 2.57. The van der Waals surface area contributed by atoms with Crippen molar-refractivity contribution in [2.75, 3.05) is 12.4 Å². The van der Waals surface area contributed by atoms with E-state index in [1.807, 2.05) is 0 Å². The first-order valence-electron chi connectivity index (χ1n) is 4.85. The van der Waals surface area contributed by atoms with Gasteiger partial charge in [0.1, 0.15) is 0 Å². The van der Waals surface area contributed by atoms with E-state index in [0.29, 0.717) is 5.02 Å². The van der Waals surface area contributed by atoms with Crippen molar-refractivity contribution in [1.29, 1.82) is 0 Å². The standard InChI is InChI=1S/C11H13ClO3S/c12-10-6-8(11(14)15)2-3-9(10)7-16-5-1-4-13/h2-3,6,13H,1,4-5,7H2,(H,14,15). The average molecular weight is 261 g/mol. The van der Waals surface area contributed by atoms with Gasteiger partial charge in [-0.3, -0.25) is 0 Å². The molecule has 0 bridgehead atoms. The first-order chi connectivity index (χ1) is 7.65. The van der Waals surface area contributed by atoms with Crippen molar-refractivity contribution >= 4 is 29.3 Å². The first-order valence-corrected chi connectivity index (χ1v) is 6.38. The molecule has 0 atom stereocenters. The number of thioether (sulfide) groups is 1. The molecule has 0 saturated heterocycles. The Morgan fingerprint density at radius 2 is 2.19 bits per heavy atom. The van der Waals surface area contributed by atoms with Gasteiger partial charge in [-0.05, 0) is 29.9 Å². The molecule has 0 fully saturated rings. The maximum Gasteiger partial charge on any atom is 0.335 e. The minimum absolute atomic E-state index is 0.193. The fourth-order valence-electron chi connectivity index (χ4n) is 1.15. The van der Waals surface area contributed by atoms with Crippen LogP contribution in [0.2, 0.25) is 5.02 Å². The summed E-state index contributed by atoms with van der Waals surface area (Å²) in [4.78, 5) is 10.7. The molecule has 1 aromatic rings. The second-order valence-corrected chi connectivity index (χ2v) is 4.75. The van der Waals surface area contributed by atoms with Crippen molar-refractivity contribution in [1.82, 2.24) is 0 Å². The molecule has 2 N–H and O–H groups in total. The summed E-state index contributed by atoms with van der Waals surface area (Å²) >= 11 is 7.63. The molecule has 1 aromatic carbocycles. The monoisotopic (exact) mass is 260 g/mol. The van der Waals surface area contributed by atoms with Crippen LogP contribution >= 0.6 is 23.4 Å². The second kappa shape index (κ2) is 6.78. The number of carboxylic acids is 1. The highest BCUT2D eigenvalue weighted by Crippen LogP contribution is 2.22.